The average molecular weight is 495 g/mol. The summed E-state index contributed by atoms with van der Waals surface area (Å²) in [4.78, 5) is 28.6. The summed E-state index contributed by atoms with van der Waals surface area (Å²) in [7, 11) is 0. The molecule has 0 fully saturated rings. The lowest BCUT2D eigenvalue weighted by molar-refractivity contribution is -0.139. The number of rotatable bonds is 11. The van der Waals surface area contributed by atoms with Gasteiger partial charge in [0.1, 0.15) is 6.04 Å². The summed E-state index contributed by atoms with van der Waals surface area (Å²) in [6, 6.07) is 26.7. The summed E-state index contributed by atoms with van der Waals surface area (Å²) in [5.74, 6) is 0.803. The monoisotopic (exact) mass is 494 g/mol. The Bertz CT molecular complexity index is 1060. The van der Waals surface area contributed by atoms with E-state index in [0.717, 1.165) is 16.9 Å². The van der Waals surface area contributed by atoms with Crippen LogP contribution in [0.4, 0.5) is 0 Å². The van der Waals surface area contributed by atoms with Crippen molar-refractivity contribution >= 4 is 35.2 Å². The van der Waals surface area contributed by atoms with Crippen LogP contribution in [-0.4, -0.2) is 34.6 Å². The maximum atomic E-state index is 13.5. The highest BCUT2D eigenvalue weighted by Crippen LogP contribution is 2.20. The standard InChI is InChI=1S/C28H31ClN2O2S/c1-21(2)30-28(33)26(17-22-10-5-3-6-11-22)31(18-24-14-9-15-25(29)16-24)27(32)20-34-19-23-12-7-4-8-13-23/h3-16,21,26H,17-20H2,1-2H3,(H,30,33). The predicted molar refractivity (Wildman–Crippen MR) is 142 cm³/mol. The van der Waals surface area contributed by atoms with E-state index in [9.17, 15) is 9.59 Å². The summed E-state index contributed by atoms with van der Waals surface area (Å²) in [6.45, 7) is 4.17. The molecule has 3 aromatic rings. The van der Waals surface area contributed by atoms with Crippen molar-refractivity contribution in [2.75, 3.05) is 5.75 Å². The minimum atomic E-state index is -0.631. The van der Waals surface area contributed by atoms with Crippen molar-refractivity contribution in [1.29, 1.82) is 0 Å². The van der Waals surface area contributed by atoms with Gasteiger partial charge in [-0.1, -0.05) is 84.4 Å². The molecule has 0 heterocycles. The maximum Gasteiger partial charge on any atom is 0.243 e. The number of hydrogen-bond acceptors (Lipinski definition) is 3. The highest BCUT2D eigenvalue weighted by Gasteiger charge is 2.30. The Morgan fingerprint density at radius 2 is 1.50 bits per heavy atom. The fourth-order valence-electron chi connectivity index (χ4n) is 3.68. The largest absolute Gasteiger partial charge is 0.352 e. The molecule has 0 aliphatic rings. The number of carbonyl (C=O) groups is 2. The van der Waals surface area contributed by atoms with Crippen molar-refractivity contribution < 1.29 is 9.59 Å². The molecule has 6 heteroatoms. The zero-order valence-corrected chi connectivity index (χ0v) is 21.2. The first-order chi connectivity index (χ1) is 16.4. The van der Waals surface area contributed by atoms with E-state index in [2.05, 4.69) is 17.4 Å². The lowest BCUT2D eigenvalue weighted by Crippen LogP contribution is -2.52. The number of thioether (sulfide) groups is 1. The second kappa shape index (κ2) is 13.2. The summed E-state index contributed by atoms with van der Waals surface area (Å²) < 4.78 is 0. The number of halogens is 1. The Kier molecular flexibility index (Phi) is 10.0. The molecular formula is C28H31ClN2O2S. The summed E-state index contributed by atoms with van der Waals surface area (Å²) in [5.41, 5.74) is 3.07. The van der Waals surface area contributed by atoms with Gasteiger partial charge in [0, 0.05) is 29.8 Å². The van der Waals surface area contributed by atoms with Gasteiger partial charge in [-0.15, -0.1) is 11.8 Å². The number of carbonyl (C=O) groups excluding carboxylic acids is 2. The van der Waals surface area contributed by atoms with Gasteiger partial charge in [0.15, 0.2) is 0 Å². The third-order valence-electron chi connectivity index (χ3n) is 5.28. The lowest BCUT2D eigenvalue weighted by atomic mass is 10.0. The molecule has 0 saturated carbocycles. The van der Waals surface area contributed by atoms with Gasteiger partial charge in [-0.05, 0) is 42.7 Å². The van der Waals surface area contributed by atoms with Crippen LogP contribution in [-0.2, 0) is 28.3 Å². The first-order valence-corrected chi connectivity index (χ1v) is 13.0. The van der Waals surface area contributed by atoms with Gasteiger partial charge >= 0.3 is 0 Å². The Morgan fingerprint density at radius 1 is 0.882 bits per heavy atom. The molecule has 0 radical (unpaired) electrons. The van der Waals surface area contributed by atoms with Crippen LogP contribution in [0.5, 0.6) is 0 Å². The van der Waals surface area contributed by atoms with Crippen LogP contribution in [0.3, 0.4) is 0 Å². The minimum absolute atomic E-state index is 0.0265. The Balaban J connectivity index is 1.85. The molecule has 178 valence electrons. The second-order valence-corrected chi connectivity index (χ2v) is 9.92. The maximum absolute atomic E-state index is 13.5. The average Bonchev–Trinajstić information content (AvgIpc) is 2.82. The molecule has 0 aromatic heterocycles. The van der Waals surface area contributed by atoms with E-state index in [-0.39, 0.29) is 23.6 Å². The fraction of sp³-hybridized carbons (Fsp3) is 0.286. The minimum Gasteiger partial charge on any atom is -0.352 e. The molecule has 1 atom stereocenters. The molecule has 0 aliphatic carbocycles. The van der Waals surface area contributed by atoms with Crippen LogP contribution in [0.25, 0.3) is 0 Å². The first kappa shape index (κ1) is 25.9. The summed E-state index contributed by atoms with van der Waals surface area (Å²) in [5, 5.41) is 3.62. The van der Waals surface area contributed by atoms with Crippen molar-refractivity contribution in [2.45, 2.75) is 44.6 Å². The van der Waals surface area contributed by atoms with E-state index < -0.39 is 6.04 Å². The molecule has 0 saturated heterocycles. The van der Waals surface area contributed by atoms with Crippen molar-refractivity contribution in [2.24, 2.45) is 0 Å². The normalized spacial score (nSPS) is 11.8. The van der Waals surface area contributed by atoms with E-state index in [0.29, 0.717) is 18.0 Å². The smallest absolute Gasteiger partial charge is 0.243 e. The third-order valence-corrected chi connectivity index (χ3v) is 6.50. The van der Waals surface area contributed by atoms with Crippen LogP contribution in [0.2, 0.25) is 5.02 Å². The van der Waals surface area contributed by atoms with E-state index in [1.54, 1.807) is 22.7 Å². The number of benzene rings is 3. The van der Waals surface area contributed by atoms with E-state index in [1.165, 1.54) is 5.56 Å². The zero-order valence-electron chi connectivity index (χ0n) is 19.6. The molecule has 0 spiro atoms. The van der Waals surface area contributed by atoms with Gasteiger partial charge in [0.25, 0.3) is 0 Å². The van der Waals surface area contributed by atoms with Gasteiger partial charge in [-0.25, -0.2) is 0 Å². The van der Waals surface area contributed by atoms with Crippen LogP contribution < -0.4 is 5.32 Å². The first-order valence-electron chi connectivity index (χ1n) is 11.4. The van der Waals surface area contributed by atoms with Gasteiger partial charge in [-0.2, -0.15) is 0 Å². The Labute approximate surface area is 211 Å². The molecule has 0 bridgehead atoms. The molecule has 1 N–H and O–H groups in total. The fourth-order valence-corrected chi connectivity index (χ4v) is 4.76. The summed E-state index contributed by atoms with van der Waals surface area (Å²) in [6.07, 6.45) is 0.440. The van der Waals surface area contributed by atoms with Crippen LogP contribution in [0.1, 0.15) is 30.5 Å². The third kappa shape index (κ3) is 8.23. The topological polar surface area (TPSA) is 49.4 Å². The Morgan fingerprint density at radius 3 is 2.12 bits per heavy atom. The van der Waals surface area contributed by atoms with Crippen LogP contribution in [0, 0.1) is 0 Å². The van der Waals surface area contributed by atoms with Crippen molar-refractivity contribution in [3.05, 3.63) is 107 Å². The van der Waals surface area contributed by atoms with E-state index >= 15 is 0 Å². The van der Waals surface area contributed by atoms with Crippen LogP contribution in [0.15, 0.2) is 84.9 Å². The summed E-state index contributed by atoms with van der Waals surface area (Å²) >= 11 is 7.77. The van der Waals surface area contributed by atoms with Gasteiger partial charge in [0.05, 0.1) is 5.75 Å². The second-order valence-electron chi connectivity index (χ2n) is 8.50. The molecule has 34 heavy (non-hydrogen) atoms. The quantitative estimate of drug-likeness (QED) is 0.370. The molecule has 3 rings (SSSR count). The molecule has 0 aliphatic heterocycles. The van der Waals surface area contributed by atoms with Crippen molar-refractivity contribution in [3.63, 3.8) is 0 Å². The molecule has 3 aromatic carbocycles. The highest BCUT2D eigenvalue weighted by atomic mass is 35.5. The van der Waals surface area contributed by atoms with Gasteiger partial charge < -0.3 is 10.2 Å². The van der Waals surface area contributed by atoms with Crippen LogP contribution >= 0.6 is 23.4 Å². The predicted octanol–water partition coefficient (Wildman–Crippen LogP) is 5.74. The van der Waals surface area contributed by atoms with Crippen molar-refractivity contribution in [1.82, 2.24) is 10.2 Å². The molecule has 4 nitrogen and oxygen atoms in total. The molecule has 2 amide bonds. The molecular weight excluding hydrogens is 464 g/mol. The lowest BCUT2D eigenvalue weighted by Gasteiger charge is -2.32. The highest BCUT2D eigenvalue weighted by molar-refractivity contribution is 7.99. The SMILES string of the molecule is CC(C)NC(=O)C(Cc1ccccc1)N(Cc1cccc(Cl)c1)C(=O)CSCc1ccccc1. The number of amides is 2. The number of nitrogens with zero attached hydrogens (tertiary/aromatic N) is 1. The van der Waals surface area contributed by atoms with E-state index in [1.807, 2.05) is 80.6 Å². The van der Waals surface area contributed by atoms with Crippen molar-refractivity contribution in [3.8, 4) is 0 Å². The number of nitrogens with one attached hydrogen (secondary N) is 1. The Hall–Kier alpha value is -2.76. The zero-order chi connectivity index (χ0) is 24.3. The van der Waals surface area contributed by atoms with Gasteiger partial charge in [-0.3, -0.25) is 9.59 Å². The van der Waals surface area contributed by atoms with E-state index in [4.69, 9.17) is 11.6 Å². The number of hydrogen-bond donors (Lipinski definition) is 1. The molecule has 1 unspecified atom stereocenters. The van der Waals surface area contributed by atoms with Gasteiger partial charge in [0.2, 0.25) is 11.8 Å².